The second kappa shape index (κ2) is 10.7. The lowest BCUT2D eigenvalue weighted by molar-refractivity contribution is -0.164. The van der Waals surface area contributed by atoms with E-state index >= 15 is 0 Å². The van der Waals surface area contributed by atoms with E-state index in [2.05, 4.69) is 0 Å². The number of carbonyl (C=O) groups is 4. The van der Waals surface area contributed by atoms with Gasteiger partial charge >= 0.3 is 23.9 Å². The lowest BCUT2D eigenvalue weighted by Gasteiger charge is -2.39. The molecule has 0 aliphatic carbocycles. The molecule has 2 atom stereocenters. The van der Waals surface area contributed by atoms with Crippen LogP contribution < -0.4 is 0 Å². The van der Waals surface area contributed by atoms with Crippen molar-refractivity contribution in [2.75, 3.05) is 0 Å². The molecule has 0 aromatic heterocycles. The molecule has 0 aliphatic heterocycles. The van der Waals surface area contributed by atoms with Gasteiger partial charge in [-0.2, -0.15) is 0 Å². The van der Waals surface area contributed by atoms with E-state index in [1.807, 2.05) is 6.92 Å². The molecule has 0 saturated carbocycles. The standard InChI is InChI=1S/C17H28O8/c1-3-4-5-6-7-8-17(2,11(15(22)23)9-13(18)19)12(16(24)25)10-14(20)21/h11-12H,3-10H2,1-2H3,(H,18,19)(H,20,21)(H,22,23)(H,24,25). The largest absolute Gasteiger partial charge is 0.481 e. The lowest BCUT2D eigenvalue weighted by Crippen LogP contribution is -2.45. The Kier molecular flexibility index (Phi) is 9.78. The first-order valence-electron chi connectivity index (χ1n) is 8.45. The Morgan fingerprint density at radius 2 is 1.16 bits per heavy atom. The summed E-state index contributed by atoms with van der Waals surface area (Å²) in [7, 11) is 0. The minimum atomic E-state index is -1.48. The van der Waals surface area contributed by atoms with Gasteiger partial charge < -0.3 is 20.4 Å². The van der Waals surface area contributed by atoms with Gasteiger partial charge in [-0.15, -0.1) is 0 Å². The third-order valence-corrected chi connectivity index (χ3v) is 4.76. The van der Waals surface area contributed by atoms with E-state index < -0.39 is 54.0 Å². The zero-order valence-corrected chi connectivity index (χ0v) is 14.7. The van der Waals surface area contributed by atoms with Crippen molar-refractivity contribution in [1.29, 1.82) is 0 Å². The fraction of sp³-hybridized carbons (Fsp3) is 0.765. The highest BCUT2D eigenvalue weighted by Crippen LogP contribution is 2.44. The summed E-state index contributed by atoms with van der Waals surface area (Å²) in [6.45, 7) is 3.42. The lowest BCUT2D eigenvalue weighted by atomic mass is 9.63. The van der Waals surface area contributed by atoms with Gasteiger partial charge in [0, 0.05) is 0 Å². The minimum absolute atomic E-state index is 0.144. The zero-order valence-electron chi connectivity index (χ0n) is 14.7. The maximum atomic E-state index is 11.6. The molecule has 25 heavy (non-hydrogen) atoms. The van der Waals surface area contributed by atoms with Crippen molar-refractivity contribution >= 4 is 23.9 Å². The molecular formula is C17H28O8. The molecule has 0 spiro atoms. The van der Waals surface area contributed by atoms with Gasteiger partial charge in [-0.1, -0.05) is 46.0 Å². The Bertz CT molecular complexity index is 451. The van der Waals surface area contributed by atoms with Gasteiger partial charge in [0.2, 0.25) is 0 Å². The molecule has 144 valence electrons. The van der Waals surface area contributed by atoms with Crippen LogP contribution in [0.25, 0.3) is 0 Å². The van der Waals surface area contributed by atoms with Crippen molar-refractivity contribution < 1.29 is 39.6 Å². The Balaban J connectivity index is 5.62. The van der Waals surface area contributed by atoms with Crippen LogP contribution >= 0.6 is 0 Å². The molecule has 8 heteroatoms. The van der Waals surface area contributed by atoms with Gasteiger partial charge in [0.1, 0.15) is 0 Å². The van der Waals surface area contributed by atoms with Crippen LogP contribution in [0.1, 0.15) is 65.2 Å². The second-order valence-electron chi connectivity index (χ2n) is 6.65. The monoisotopic (exact) mass is 360 g/mol. The number of aliphatic carboxylic acids is 4. The van der Waals surface area contributed by atoms with Gasteiger partial charge in [0.25, 0.3) is 0 Å². The van der Waals surface area contributed by atoms with Crippen LogP contribution in [-0.2, 0) is 19.2 Å². The van der Waals surface area contributed by atoms with Crippen LogP contribution in [-0.4, -0.2) is 44.3 Å². The van der Waals surface area contributed by atoms with Crippen LogP contribution in [0.3, 0.4) is 0 Å². The van der Waals surface area contributed by atoms with Gasteiger partial charge in [-0.05, 0) is 11.8 Å². The summed E-state index contributed by atoms with van der Waals surface area (Å²) in [5.74, 6) is -8.51. The first kappa shape index (κ1) is 22.9. The van der Waals surface area contributed by atoms with E-state index in [1.165, 1.54) is 6.92 Å². The Labute approximate surface area is 146 Å². The van der Waals surface area contributed by atoms with Crippen LogP contribution in [0.2, 0.25) is 0 Å². The van der Waals surface area contributed by atoms with Crippen molar-refractivity contribution in [3.63, 3.8) is 0 Å². The van der Waals surface area contributed by atoms with Gasteiger partial charge in [0.05, 0.1) is 24.7 Å². The van der Waals surface area contributed by atoms with Crippen LogP contribution in [0.15, 0.2) is 0 Å². The molecule has 0 bridgehead atoms. The highest BCUT2D eigenvalue weighted by atomic mass is 16.4. The molecule has 0 rings (SSSR count). The Morgan fingerprint density at radius 3 is 1.48 bits per heavy atom. The fourth-order valence-electron chi connectivity index (χ4n) is 3.26. The third kappa shape index (κ3) is 7.53. The maximum absolute atomic E-state index is 11.6. The molecule has 4 N–H and O–H groups in total. The molecule has 0 aliphatic rings. The Morgan fingerprint density at radius 1 is 0.760 bits per heavy atom. The average molecular weight is 360 g/mol. The summed E-state index contributed by atoms with van der Waals surface area (Å²) < 4.78 is 0. The summed E-state index contributed by atoms with van der Waals surface area (Å²) in [6.07, 6.45) is 2.82. The maximum Gasteiger partial charge on any atom is 0.307 e. The predicted octanol–water partition coefficient (Wildman–Crippen LogP) is 2.70. The normalized spacial score (nSPS) is 15.8. The fourth-order valence-corrected chi connectivity index (χ4v) is 3.26. The van der Waals surface area contributed by atoms with Crippen molar-refractivity contribution in [1.82, 2.24) is 0 Å². The van der Waals surface area contributed by atoms with Crippen molar-refractivity contribution in [2.45, 2.75) is 65.2 Å². The van der Waals surface area contributed by atoms with E-state index in [-0.39, 0.29) is 6.42 Å². The highest BCUT2D eigenvalue weighted by molar-refractivity contribution is 5.82. The van der Waals surface area contributed by atoms with Gasteiger partial charge in [0.15, 0.2) is 0 Å². The predicted molar refractivity (Wildman–Crippen MR) is 88.2 cm³/mol. The van der Waals surface area contributed by atoms with Crippen molar-refractivity contribution in [3.8, 4) is 0 Å². The van der Waals surface area contributed by atoms with E-state index in [1.54, 1.807) is 0 Å². The number of hydrogen-bond donors (Lipinski definition) is 4. The van der Waals surface area contributed by atoms with Crippen LogP contribution in [0, 0.1) is 17.3 Å². The molecule has 0 aromatic carbocycles. The smallest absolute Gasteiger partial charge is 0.307 e. The quantitative estimate of drug-likeness (QED) is 0.345. The molecule has 0 radical (unpaired) electrons. The highest BCUT2D eigenvalue weighted by Gasteiger charge is 2.49. The number of rotatable bonds is 14. The SMILES string of the molecule is CCCCCCCC(C)(C(CC(=O)O)C(=O)O)C(CC(=O)O)C(=O)O. The van der Waals surface area contributed by atoms with Gasteiger partial charge in [-0.3, -0.25) is 19.2 Å². The number of carboxylic acids is 4. The summed E-state index contributed by atoms with van der Waals surface area (Å²) in [5, 5.41) is 36.9. The molecule has 0 amide bonds. The average Bonchev–Trinajstić information content (AvgIpc) is 2.49. The van der Waals surface area contributed by atoms with Crippen molar-refractivity contribution in [3.05, 3.63) is 0 Å². The van der Waals surface area contributed by atoms with E-state index in [0.29, 0.717) is 6.42 Å². The van der Waals surface area contributed by atoms with E-state index in [0.717, 1.165) is 25.7 Å². The molecule has 0 fully saturated rings. The molecular weight excluding hydrogens is 332 g/mol. The third-order valence-electron chi connectivity index (χ3n) is 4.76. The molecule has 0 saturated heterocycles. The topological polar surface area (TPSA) is 149 Å². The van der Waals surface area contributed by atoms with Crippen LogP contribution in [0.5, 0.6) is 0 Å². The second-order valence-corrected chi connectivity index (χ2v) is 6.65. The Hall–Kier alpha value is -2.12. The first-order valence-corrected chi connectivity index (χ1v) is 8.45. The van der Waals surface area contributed by atoms with Crippen molar-refractivity contribution in [2.24, 2.45) is 17.3 Å². The summed E-state index contributed by atoms with van der Waals surface area (Å²) in [6, 6.07) is 0. The number of unbranched alkanes of at least 4 members (excludes halogenated alkanes) is 4. The van der Waals surface area contributed by atoms with E-state index in [4.69, 9.17) is 10.2 Å². The molecule has 2 unspecified atom stereocenters. The van der Waals surface area contributed by atoms with E-state index in [9.17, 15) is 29.4 Å². The number of hydrogen-bond acceptors (Lipinski definition) is 4. The summed E-state index contributed by atoms with van der Waals surface area (Å²) in [4.78, 5) is 45.4. The minimum Gasteiger partial charge on any atom is -0.481 e. The number of carboxylic acid groups (broad SMARTS) is 4. The van der Waals surface area contributed by atoms with Gasteiger partial charge in [-0.25, -0.2) is 0 Å². The van der Waals surface area contributed by atoms with Crippen LogP contribution in [0.4, 0.5) is 0 Å². The molecule has 8 nitrogen and oxygen atoms in total. The molecule has 0 aromatic rings. The molecule has 0 heterocycles. The zero-order chi connectivity index (χ0) is 19.6. The first-order chi connectivity index (χ1) is 11.6. The summed E-state index contributed by atoms with van der Waals surface area (Å²) >= 11 is 0. The summed E-state index contributed by atoms with van der Waals surface area (Å²) in [5.41, 5.74) is -1.47.